The third-order valence-corrected chi connectivity index (χ3v) is 6.68. The highest BCUT2D eigenvalue weighted by Crippen LogP contribution is 2.36. The van der Waals surface area contributed by atoms with E-state index in [1.54, 1.807) is 30.3 Å². The highest BCUT2D eigenvalue weighted by Gasteiger charge is 2.43. The number of ether oxygens (including phenoxy) is 1. The van der Waals surface area contributed by atoms with Gasteiger partial charge < -0.3 is 10.1 Å². The first kappa shape index (κ1) is 20.6. The van der Waals surface area contributed by atoms with Crippen LogP contribution in [0.2, 0.25) is 0 Å². The van der Waals surface area contributed by atoms with Crippen LogP contribution < -0.4 is 10.1 Å². The number of hydrogen-bond acceptors (Lipinski definition) is 5. The third kappa shape index (κ3) is 3.88. The van der Waals surface area contributed by atoms with Gasteiger partial charge in [0.1, 0.15) is 17.2 Å². The highest BCUT2D eigenvalue weighted by molar-refractivity contribution is 7.99. The zero-order valence-electron chi connectivity index (χ0n) is 16.6. The topological polar surface area (TPSA) is 92.8 Å². The molecule has 0 radical (unpaired) electrons. The molecule has 152 valence electrons. The summed E-state index contributed by atoms with van der Waals surface area (Å²) in [6.45, 7) is 4.58. The van der Waals surface area contributed by atoms with Gasteiger partial charge in [-0.25, -0.2) is 12.7 Å². The molecule has 0 fully saturated rings. The molecule has 2 aromatic rings. The maximum Gasteiger partial charge on any atom is 0.268 e. The Morgan fingerprint density at radius 1 is 1.07 bits per heavy atom. The van der Waals surface area contributed by atoms with Crippen LogP contribution >= 0.6 is 0 Å². The number of carbonyl (C=O) groups is 2. The second-order valence-electron chi connectivity index (χ2n) is 6.87. The van der Waals surface area contributed by atoms with Gasteiger partial charge in [-0.3, -0.25) is 9.59 Å². The number of rotatable bonds is 5. The fourth-order valence-corrected chi connectivity index (χ4v) is 4.92. The van der Waals surface area contributed by atoms with Crippen molar-refractivity contribution in [3.63, 3.8) is 0 Å². The molecule has 29 heavy (non-hydrogen) atoms. The lowest BCUT2D eigenvalue weighted by Gasteiger charge is -2.17. The van der Waals surface area contributed by atoms with Gasteiger partial charge in [0, 0.05) is 11.3 Å². The van der Waals surface area contributed by atoms with E-state index < -0.39 is 28.4 Å². The molecular weight excluding hydrogens is 392 g/mol. The Morgan fingerprint density at radius 3 is 2.34 bits per heavy atom. The molecule has 1 N–H and O–H groups in total. The number of sulfonamides is 1. The van der Waals surface area contributed by atoms with Crippen molar-refractivity contribution in [2.45, 2.75) is 20.8 Å². The number of nitrogens with one attached hydrogen (secondary N) is 1. The minimum absolute atomic E-state index is 0.0784. The van der Waals surface area contributed by atoms with Crippen molar-refractivity contribution in [1.82, 2.24) is 4.31 Å². The number of nitrogens with zero attached hydrogens (tertiary/aromatic N) is 1. The molecule has 2 amide bonds. The van der Waals surface area contributed by atoms with Crippen molar-refractivity contribution in [3.05, 3.63) is 64.7 Å². The molecule has 1 aliphatic heterocycles. The number of aryl methyl sites for hydroxylation is 2. The quantitative estimate of drug-likeness (QED) is 0.812. The molecule has 7 nitrogen and oxygen atoms in total. The summed E-state index contributed by atoms with van der Waals surface area (Å²) < 4.78 is 31.7. The number of carbonyl (C=O) groups excluding carboxylic acids is 2. The van der Waals surface area contributed by atoms with Crippen molar-refractivity contribution >= 4 is 32.4 Å². The second-order valence-corrected chi connectivity index (χ2v) is 8.67. The van der Waals surface area contributed by atoms with Crippen LogP contribution in [0.4, 0.5) is 5.69 Å². The van der Waals surface area contributed by atoms with Crippen LogP contribution in [-0.2, 0) is 19.6 Å². The van der Waals surface area contributed by atoms with Crippen molar-refractivity contribution in [2.75, 3.05) is 19.0 Å². The molecule has 0 saturated carbocycles. The molecule has 0 unspecified atom stereocenters. The summed E-state index contributed by atoms with van der Waals surface area (Å²) in [5.41, 5.74) is 2.82. The van der Waals surface area contributed by atoms with Crippen LogP contribution in [0.1, 0.15) is 23.6 Å². The van der Waals surface area contributed by atoms with Crippen LogP contribution in [0.3, 0.4) is 0 Å². The Kier molecular flexibility index (Phi) is 5.48. The van der Waals surface area contributed by atoms with Gasteiger partial charge in [-0.2, -0.15) is 0 Å². The van der Waals surface area contributed by atoms with Crippen LogP contribution in [0.5, 0.6) is 5.75 Å². The molecule has 1 heterocycles. The van der Waals surface area contributed by atoms with Crippen molar-refractivity contribution in [3.8, 4) is 5.75 Å². The van der Waals surface area contributed by atoms with Gasteiger partial charge in [0.05, 0.1) is 7.11 Å². The fourth-order valence-electron chi connectivity index (χ4n) is 3.15. The second kappa shape index (κ2) is 7.71. The van der Waals surface area contributed by atoms with Crippen LogP contribution in [-0.4, -0.2) is 38.2 Å². The summed E-state index contributed by atoms with van der Waals surface area (Å²) in [6.07, 6.45) is 0. The van der Waals surface area contributed by atoms with E-state index in [0.29, 0.717) is 21.3 Å². The summed E-state index contributed by atoms with van der Waals surface area (Å²) >= 11 is 0. The van der Waals surface area contributed by atoms with Crippen molar-refractivity contribution in [1.29, 1.82) is 0 Å². The SMILES string of the molecule is COc1ccc(C2=C(C)C(=O)N(CC(=O)Nc3cc(C)ccc3C)S2(=O)=O)cc1. The monoisotopic (exact) mass is 414 g/mol. The van der Waals surface area contributed by atoms with Gasteiger partial charge in [-0.05, 0) is 67.8 Å². The minimum atomic E-state index is -4.14. The standard InChI is InChI=1S/C21H22N2O5S/c1-13-5-6-14(2)18(11-13)22-19(24)12-23-21(25)15(3)20(29(23,26)27)16-7-9-17(28-4)10-8-16/h5-11H,12H2,1-4H3,(H,22,24). The van der Waals surface area contributed by atoms with E-state index in [0.717, 1.165) is 11.1 Å². The smallest absolute Gasteiger partial charge is 0.268 e. The van der Waals surface area contributed by atoms with Crippen LogP contribution in [0.25, 0.3) is 4.91 Å². The molecule has 0 spiro atoms. The van der Waals surface area contributed by atoms with Crippen molar-refractivity contribution < 1.29 is 22.7 Å². The van der Waals surface area contributed by atoms with E-state index in [2.05, 4.69) is 5.32 Å². The van der Waals surface area contributed by atoms with E-state index in [4.69, 9.17) is 4.74 Å². The molecule has 0 saturated heterocycles. The predicted molar refractivity (Wildman–Crippen MR) is 111 cm³/mol. The van der Waals surface area contributed by atoms with Gasteiger partial charge in [-0.15, -0.1) is 0 Å². The number of anilines is 1. The van der Waals surface area contributed by atoms with Crippen molar-refractivity contribution in [2.24, 2.45) is 0 Å². The zero-order valence-corrected chi connectivity index (χ0v) is 17.5. The largest absolute Gasteiger partial charge is 0.497 e. The number of amides is 2. The normalized spacial score (nSPS) is 15.6. The summed E-state index contributed by atoms with van der Waals surface area (Å²) in [4.78, 5) is 25.0. The molecule has 0 bridgehead atoms. The van der Waals surface area contributed by atoms with Gasteiger partial charge in [-0.1, -0.05) is 12.1 Å². The van der Waals surface area contributed by atoms with Gasteiger partial charge >= 0.3 is 0 Å². The number of methoxy groups -OCH3 is 1. The summed E-state index contributed by atoms with van der Waals surface area (Å²) in [5.74, 6) is -0.718. The Hall–Kier alpha value is -3.13. The van der Waals surface area contributed by atoms with E-state index in [1.165, 1.54) is 14.0 Å². The first-order chi connectivity index (χ1) is 13.6. The Morgan fingerprint density at radius 2 is 1.72 bits per heavy atom. The fraction of sp³-hybridized carbons (Fsp3) is 0.238. The highest BCUT2D eigenvalue weighted by atomic mass is 32.2. The predicted octanol–water partition coefficient (Wildman–Crippen LogP) is 2.85. The Balaban J connectivity index is 1.85. The Bertz CT molecular complexity index is 1120. The first-order valence-corrected chi connectivity index (χ1v) is 10.4. The van der Waals surface area contributed by atoms with E-state index in [-0.39, 0.29) is 10.5 Å². The molecule has 0 atom stereocenters. The third-order valence-electron chi connectivity index (χ3n) is 4.74. The molecule has 2 aromatic carbocycles. The summed E-state index contributed by atoms with van der Waals surface area (Å²) in [6, 6.07) is 11.9. The van der Waals surface area contributed by atoms with Gasteiger partial charge in [0.15, 0.2) is 0 Å². The summed E-state index contributed by atoms with van der Waals surface area (Å²) in [7, 11) is -2.64. The number of benzene rings is 2. The molecule has 3 rings (SSSR count). The molecule has 8 heteroatoms. The zero-order chi connectivity index (χ0) is 21.3. The summed E-state index contributed by atoms with van der Waals surface area (Å²) in [5, 5.41) is 2.69. The molecule has 0 aromatic heterocycles. The molecular formula is C21H22N2O5S. The van der Waals surface area contributed by atoms with Gasteiger partial charge in [0.25, 0.3) is 15.9 Å². The lowest BCUT2D eigenvalue weighted by Crippen LogP contribution is -2.38. The van der Waals surface area contributed by atoms with E-state index in [9.17, 15) is 18.0 Å². The van der Waals surface area contributed by atoms with E-state index in [1.807, 2.05) is 26.0 Å². The lowest BCUT2D eigenvalue weighted by atomic mass is 10.1. The number of hydrogen-bond donors (Lipinski definition) is 1. The molecule has 0 aliphatic carbocycles. The Labute approximate surface area is 170 Å². The lowest BCUT2D eigenvalue weighted by molar-refractivity contribution is -0.126. The average molecular weight is 414 g/mol. The molecule has 1 aliphatic rings. The average Bonchev–Trinajstić information content (AvgIpc) is 2.84. The maximum absolute atomic E-state index is 13.0. The first-order valence-electron chi connectivity index (χ1n) is 8.94. The van der Waals surface area contributed by atoms with Gasteiger partial charge in [0.2, 0.25) is 5.91 Å². The minimum Gasteiger partial charge on any atom is -0.497 e. The van der Waals surface area contributed by atoms with Crippen LogP contribution in [0, 0.1) is 13.8 Å². The maximum atomic E-state index is 13.0. The van der Waals surface area contributed by atoms with E-state index >= 15 is 0 Å². The van der Waals surface area contributed by atoms with Crippen LogP contribution in [0.15, 0.2) is 48.0 Å².